The van der Waals surface area contributed by atoms with E-state index in [1.54, 1.807) is 25.3 Å². The summed E-state index contributed by atoms with van der Waals surface area (Å²) >= 11 is 6.18. The van der Waals surface area contributed by atoms with Crippen LogP contribution in [0.2, 0.25) is 5.02 Å². The van der Waals surface area contributed by atoms with Crippen molar-refractivity contribution in [1.82, 2.24) is 4.90 Å². The van der Waals surface area contributed by atoms with Crippen LogP contribution in [0.1, 0.15) is 22.8 Å². The normalized spacial score (nSPS) is 23.2. The van der Waals surface area contributed by atoms with Gasteiger partial charge in [-0.05, 0) is 24.6 Å². The topological polar surface area (TPSA) is 59.0 Å². The average molecular weight is 314 g/mol. The van der Waals surface area contributed by atoms with Crippen LogP contribution in [0, 0.1) is 0 Å². The number of carbonyl (C=O) groups is 1. The summed E-state index contributed by atoms with van der Waals surface area (Å²) in [5, 5.41) is 9.77. The number of hydrogen-bond donors (Lipinski definition) is 1. The number of nitrogens with zero attached hydrogens (tertiary/aromatic N) is 1. The van der Waals surface area contributed by atoms with Crippen molar-refractivity contribution in [2.24, 2.45) is 0 Å². The van der Waals surface area contributed by atoms with E-state index in [1.165, 1.54) is 0 Å². The number of rotatable bonds is 5. The second-order valence-electron chi connectivity index (χ2n) is 5.51. The molecule has 1 aromatic rings. The summed E-state index contributed by atoms with van der Waals surface area (Å²) in [6.45, 7) is 4.98. The Balaban J connectivity index is 2.17. The molecule has 0 bridgehead atoms. The Bertz CT molecular complexity index is 518. The van der Waals surface area contributed by atoms with Crippen molar-refractivity contribution in [3.05, 3.63) is 34.3 Å². The summed E-state index contributed by atoms with van der Waals surface area (Å²) in [5.74, 6) is -0.958. The Morgan fingerprint density at radius 2 is 2.33 bits per heavy atom. The monoisotopic (exact) mass is 313 g/mol. The maximum Gasteiger partial charge on any atom is 0.336 e. The fourth-order valence-corrected chi connectivity index (χ4v) is 2.92. The number of halogens is 1. The van der Waals surface area contributed by atoms with E-state index in [-0.39, 0.29) is 11.2 Å². The predicted molar refractivity (Wildman–Crippen MR) is 79.9 cm³/mol. The van der Waals surface area contributed by atoms with Crippen molar-refractivity contribution in [3.63, 3.8) is 0 Å². The maximum atomic E-state index is 11.3. The van der Waals surface area contributed by atoms with Gasteiger partial charge in [0, 0.05) is 31.8 Å². The van der Waals surface area contributed by atoms with E-state index in [2.05, 4.69) is 4.90 Å². The van der Waals surface area contributed by atoms with Gasteiger partial charge in [0.15, 0.2) is 0 Å². The molecule has 2 rings (SSSR count). The molecule has 1 unspecified atom stereocenters. The lowest BCUT2D eigenvalue weighted by Gasteiger charge is -2.40. The van der Waals surface area contributed by atoms with Crippen LogP contribution in [-0.2, 0) is 16.0 Å². The lowest BCUT2D eigenvalue weighted by atomic mass is 10.0. The van der Waals surface area contributed by atoms with Crippen LogP contribution in [0.25, 0.3) is 0 Å². The third kappa shape index (κ3) is 3.95. The Morgan fingerprint density at radius 3 is 3.00 bits per heavy atom. The van der Waals surface area contributed by atoms with E-state index < -0.39 is 5.97 Å². The molecule has 1 aliphatic heterocycles. The molecule has 0 amide bonds. The molecule has 0 saturated carbocycles. The molecule has 1 aromatic carbocycles. The number of aromatic carboxylic acids is 1. The minimum atomic E-state index is -0.958. The van der Waals surface area contributed by atoms with E-state index >= 15 is 0 Å². The van der Waals surface area contributed by atoms with Gasteiger partial charge in [-0.1, -0.05) is 17.7 Å². The van der Waals surface area contributed by atoms with Gasteiger partial charge in [-0.25, -0.2) is 4.79 Å². The number of ether oxygens (including phenoxy) is 2. The van der Waals surface area contributed by atoms with Gasteiger partial charge in [-0.3, -0.25) is 4.90 Å². The van der Waals surface area contributed by atoms with Gasteiger partial charge in [0.25, 0.3) is 0 Å². The number of methoxy groups -OCH3 is 1. The van der Waals surface area contributed by atoms with Crippen molar-refractivity contribution in [3.8, 4) is 0 Å². The zero-order valence-electron chi connectivity index (χ0n) is 12.3. The Kier molecular flexibility index (Phi) is 5.22. The quantitative estimate of drug-likeness (QED) is 0.903. The van der Waals surface area contributed by atoms with Crippen LogP contribution in [0.5, 0.6) is 0 Å². The fourth-order valence-electron chi connectivity index (χ4n) is 2.69. The highest BCUT2D eigenvalue weighted by Gasteiger charge is 2.32. The molecule has 0 spiro atoms. The van der Waals surface area contributed by atoms with Crippen molar-refractivity contribution in [1.29, 1.82) is 0 Å². The second kappa shape index (κ2) is 6.75. The highest BCUT2D eigenvalue weighted by atomic mass is 35.5. The molecule has 6 heteroatoms. The van der Waals surface area contributed by atoms with E-state index in [0.717, 1.165) is 6.54 Å². The zero-order chi connectivity index (χ0) is 15.5. The predicted octanol–water partition coefficient (Wildman–Crippen LogP) is 2.28. The van der Waals surface area contributed by atoms with Crippen LogP contribution < -0.4 is 0 Å². The third-order valence-electron chi connectivity index (χ3n) is 3.60. The van der Waals surface area contributed by atoms with Crippen molar-refractivity contribution in [2.45, 2.75) is 19.1 Å². The second-order valence-corrected chi connectivity index (χ2v) is 5.92. The van der Waals surface area contributed by atoms with Crippen LogP contribution in [0.4, 0.5) is 0 Å². The van der Waals surface area contributed by atoms with Crippen molar-refractivity contribution >= 4 is 17.6 Å². The molecule has 1 heterocycles. The number of carboxylic acids is 1. The van der Waals surface area contributed by atoms with Crippen molar-refractivity contribution in [2.75, 3.05) is 33.4 Å². The summed E-state index contributed by atoms with van der Waals surface area (Å²) in [5.41, 5.74) is 0.522. The van der Waals surface area contributed by atoms with Gasteiger partial charge in [-0.15, -0.1) is 0 Å². The molecular weight excluding hydrogens is 294 g/mol. The molecule has 1 saturated heterocycles. The minimum Gasteiger partial charge on any atom is -0.478 e. The lowest BCUT2D eigenvalue weighted by molar-refractivity contribution is -0.129. The van der Waals surface area contributed by atoms with Crippen molar-refractivity contribution < 1.29 is 19.4 Å². The van der Waals surface area contributed by atoms with Gasteiger partial charge in [0.2, 0.25) is 0 Å². The molecule has 1 atom stereocenters. The summed E-state index contributed by atoms with van der Waals surface area (Å²) in [7, 11) is 1.64. The summed E-state index contributed by atoms with van der Waals surface area (Å²) in [6, 6.07) is 4.96. The lowest BCUT2D eigenvalue weighted by Crippen LogP contribution is -2.52. The highest BCUT2D eigenvalue weighted by Crippen LogP contribution is 2.25. The van der Waals surface area contributed by atoms with Gasteiger partial charge in [-0.2, -0.15) is 0 Å². The first kappa shape index (κ1) is 16.2. The SMILES string of the molecule is COCC1(C)CN(Cc2c(Cl)cccc2C(=O)O)CCO1. The van der Waals surface area contributed by atoms with E-state index in [1.807, 2.05) is 6.92 Å². The number of carboxylic acid groups (broad SMARTS) is 1. The Morgan fingerprint density at radius 1 is 1.57 bits per heavy atom. The molecule has 1 fully saturated rings. The molecule has 21 heavy (non-hydrogen) atoms. The zero-order valence-corrected chi connectivity index (χ0v) is 13.0. The molecule has 0 aliphatic carbocycles. The number of benzene rings is 1. The smallest absolute Gasteiger partial charge is 0.336 e. The standard InChI is InChI=1S/C15H20ClNO4/c1-15(10-20-2)9-17(6-7-21-15)8-12-11(14(18)19)4-3-5-13(12)16/h3-5H,6-10H2,1-2H3,(H,18,19). The first-order chi connectivity index (χ1) is 9.95. The maximum absolute atomic E-state index is 11.3. The van der Waals surface area contributed by atoms with Crippen LogP contribution in [0.3, 0.4) is 0 Å². The number of morpholine rings is 1. The van der Waals surface area contributed by atoms with Gasteiger partial charge in [0.05, 0.1) is 18.8 Å². The van der Waals surface area contributed by atoms with Gasteiger partial charge >= 0.3 is 5.97 Å². The first-order valence-electron chi connectivity index (χ1n) is 6.81. The van der Waals surface area contributed by atoms with Gasteiger partial charge in [0.1, 0.15) is 5.60 Å². The van der Waals surface area contributed by atoms with Crippen LogP contribution >= 0.6 is 11.6 Å². The van der Waals surface area contributed by atoms with E-state index in [9.17, 15) is 9.90 Å². The van der Waals surface area contributed by atoms with Gasteiger partial charge < -0.3 is 14.6 Å². The fraction of sp³-hybridized carbons (Fsp3) is 0.533. The molecule has 1 aliphatic rings. The van der Waals surface area contributed by atoms with E-state index in [4.69, 9.17) is 21.1 Å². The van der Waals surface area contributed by atoms with Crippen LogP contribution in [-0.4, -0.2) is 55.0 Å². The average Bonchev–Trinajstić information content (AvgIpc) is 2.41. The summed E-state index contributed by atoms with van der Waals surface area (Å²) in [4.78, 5) is 13.5. The molecular formula is C15H20ClNO4. The Hall–Kier alpha value is -1.14. The summed E-state index contributed by atoms with van der Waals surface area (Å²) in [6.07, 6.45) is 0. The first-order valence-corrected chi connectivity index (χ1v) is 7.19. The van der Waals surface area contributed by atoms with Crippen LogP contribution in [0.15, 0.2) is 18.2 Å². The highest BCUT2D eigenvalue weighted by molar-refractivity contribution is 6.31. The molecule has 0 radical (unpaired) electrons. The molecule has 0 aromatic heterocycles. The third-order valence-corrected chi connectivity index (χ3v) is 3.95. The minimum absolute atomic E-state index is 0.252. The molecule has 5 nitrogen and oxygen atoms in total. The summed E-state index contributed by atoms with van der Waals surface area (Å²) < 4.78 is 11.0. The van der Waals surface area contributed by atoms with E-state index in [0.29, 0.717) is 36.9 Å². The Labute approximate surface area is 129 Å². The molecule has 116 valence electrons. The molecule has 1 N–H and O–H groups in total. The number of hydrogen-bond acceptors (Lipinski definition) is 4. The largest absolute Gasteiger partial charge is 0.478 e.